The van der Waals surface area contributed by atoms with Crippen molar-refractivity contribution in [1.82, 2.24) is 0 Å². The molecule has 1 aliphatic rings. The predicted octanol–water partition coefficient (Wildman–Crippen LogP) is 3.74. The third-order valence-corrected chi connectivity index (χ3v) is 3.77. The van der Waals surface area contributed by atoms with Gasteiger partial charge in [0.25, 0.3) is 0 Å². The highest BCUT2D eigenvalue weighted by Crippen LogP contribution is 2.43. The Morgan fingerprint density at radius 1 is 1.44 bits per heavy atom. The third-order valence-electron chi connectivity index (χ3n) is 3.53. The van der Waals surface area contributed by atoms with Crippen molar-refractivity contribution in [2.24, 2.45) is 11.1 Å². The Hall–Kier alpha value is -0.530. The number of rotatable bonds is 2. The zero-order valence-electron chi connectivity index (χ0n) is 10.1. The molecule has 2 rings (SSSR count). The van der Waals surface area contributed by atoms with E-state index < -0.39 is 0 Å². The second-order valence-corrected chi connectivity index (χ2v) is 6.10. The molecular weight excluding hydrogens is 218 g/mol. The smallest absolute Gasteiger partial charge is 0.0409 e. The summed E-state index contributed by atoms with van der Waals surface area (Å²) in [6.45, 7) is 5.44. The summed E-state index contributed by atoms with van der Waals surface area (Å²) in [4.78, 5) is 0. The van der Waals surface area contributed by atoms with E-state index in [0.29, 0.717) is 11.3 Å². The fraction of sp³-hybridized carbons (Fsp3) is 0.571. The van der Waals surface area contributed by atoms with Crippen molar-refractivity contribution in [3.63, 3.8) is 0 Å². The van der Waals surface area contributed by atoms with Crippen LogP contribution in [0.25, 0.3) is 0 Å². The summed E-state index contributed by atoms with van der Waals surface area (Å²) in [5, 5.41) is 0.848. The number of nitrogens with two attached hydrogens (primary N) is 1. The number of halogens is 1. The number of hydrogen-bond donors (Lipinski definition) is 1. The lowest BCUT2D eigenvalue weighted by Crippen LogP contribution is -2.26. The van der Waals surface area contributed by atoms with E-state index in [2.05, 4.69) is 26.0 Å². The van der Waals surface area contributed by atoms with E-state index >= 15 is 0 Å². The van der Waals surface area contributed by atoms with E-state index in [0.717, 1.165) is 24.4 Å². The molecule has 0 saturated carbocycles. The third kappa shape index (κ3) is 2.41. The maximum atomic E-state index is 6.08. The lowest BCUT2D eigenvalue weighted by atomic mass is 9.68. The first-order valence-corrected chi connectivity index (χ1v) is 6.38. The largest absolute Gasteiger partial charge is 0.330 e. The van der Waals surface area contributed by atoms with Gasteiger partial charge in [-0.3, -0.25) is 0 Å². The van der Waals surface area contributed by atoms with Crippen LogP contribution in [-0.4, -0.2) is 6.54 Å². The SMILES string of the molecule is CC1(C)Cc2ccc(Cl)cc2C(CCN)C1. The molecule has 1 aliphatic carbocycles. The van der Waals surface area contributed by atoms with Crippen LogP contribution in [0, 0.1) is 5.41 Å². The highest BCUT2D eigenvalue weighted by molar-refractivity contribution is 6.30. The molecule has 0 saturated heterocycles. The fourth-order valence-corrected chi connectivity index (χ4v) is 3.11. The second kappa shape index (κ2) is 4.38. The molecule has 1 aromatic rings. The first kappa shape index (κ1) is 11.9. The zero-order valence-corrected chi connectivity index (χ0v) is 10.8. The number of benzene rings is 1. The van der Waals surface area contributed by atoms with Crippen LogP contribution in [0.1, 0.15) is 43.7 Å². The van der Waals surface area contributed by atoms with Gasteiger partial charge in [-0.05, 0) is 60.4 Å². The zero-order chi connectivity index (χ0) is 11.8. The minimum atomic E-state index is 0.390. The lowest BCUT2D eigenvalue weighted by Gasteiger charge is -2.37. The molecule has 0 aromatic heterocycles. The van der Waals surface area contributed by atoms with Crippen molar-refractivity contribution in [3.8, 4) is 0 Å². The highest BCUT2D eigenvalue weighted by atomic mass is 35.5. The molecule has 0 aliphatic heterocycles. The lowest BCUT2D eigenvalue weighted by molar-refractivity contribution is 0.275. The van der Waals surface area contributed by atoms with Gasteiger partial charge in [0.05, 0.1) is 0 Å². The summed E-state index contributed by atoms with van der Waals surface area (Å²) in [7, 11) is 0. The normalized spacial score (nSPS) is 22.9. The maximum Gasteiger partial charge on any atom is 0.0409 e. The van der Waals surface area contributed by atoms with E-state index in [4.69, 9.17) is 17.3 Å². The molecule has 2 N–H and O–H groups in total. The molecule has 1 aromatic carbocycles. The van der Waals surface area contributed by atoms with Crippen LogP contribution in [-0.2, 0) is 6.42 Å². The average Bonchev–Trinajstić information content (AvgIpc) is 2.18. The Bertz CT molecular complexity index is 384. The van der Waals surface area contributed by atoms with Crippen molar-refractivity contribution >= 4 is 11.6 Å². The fourth-order valence-electron chi connectivity index (χ4n) is 2.93. The van der Waals surface area contributed by atoms with Gasteiger partial charge in [-0.2, -0.15) is 0 Å². The predicted molar refractivity (Wildman–Crippen MR) is 70.0 cm³/mol. The van der Waals surface area contributed by atoms with Crippen LogP contribution >= 0.6 is 11.6 Å². The molecule has 0 radical (unpaired) electrons. The van der Waals surface area contributed by atoms with Gasteiger partial charge >= 0.3 is 0 Å². The van der Waals surface area contributed by atoms with Gasteiger partial charge in [0.2, 0.25) is 0 Å². The van der Waals surface area contributed by atoms with Gasteiger partial charge in [-0.1, -0.05) is 31.5 Å². The minimum Gasteiger partial charge on any atom is -0.330 e. The van der Waals surface area contributed by atoms with Crippen molar-refractivity contribution in [2.45, 2.75) is 39.0 Å². The summed E-state index contributed by atoms with van der Waals surface area (Å²) >= 11 is 6.08. The molecule has 1 nitrogen and oxygen atoms in total. The molecule has 88 valence electrons. The molecule has 0 heterocycles. The van der Waals surface area contributed by atoms with E-state index in [-0.39, 0.29) is 0 Å². The van der Waals surface area contributed by atoms with Crippen LogP contribution in [0.15, 0.2) is 18.2 Å². The molecule has 0 bridgehead atoms. The van der Waals surface area contributed by atoms with E-state index in [1.54, 1.807) is 0 Å². The van der Waals surface area contributed by atoms with Gasteiger partial charge in [0.1, 0.15) is 0 Å². The molecule has 0 amide bonds. The van der Waals surface area contributed by atoms with Gasteiger partial charge in [0, 0.05) is 5.02 Å². The van der Waals surface area contributed by atoms with Crippen LogP contribution in [0.2, 0.25) is 5.02 Å². The van der Waals surface area contributed by atoms with Gasteiger partial charge in [-0.15, -0.1) is 0 Å². The summed E-state index contributed by atoms with van der Waals surface area (Å²) in [5.74, 6) is 0.586. The van der Waals surface area contributed by atoms with Crippen LogP contribution in [0.5, 0.6) is 0 Å². The number of hydrogen-bond acceptors (Lipinski definition) is 1. The van der Waals surface area contributed by atoms with E-state index in [9.17, 15) is 0 Å². The van der Waals surface area contributed by atoms with Crippen LogP contribution < -0.4 is 5.73 Å². The second-order valence-electron chi connectivity index (χ2n) is 5.66. The molecule has 0 fully saturated rings. The molecule has 0 spiro atoms. The molecule has 16 heavy (non-hydrogen) atoms. The molecule has 1 unspecified atom stereocenters. The molecule has 2 heteroatoms. The Kier molecular flexibility index (Phi) is 3.27. The van der Waals surface area contributed by atoms with Crippen LogP contribution in [0.4, 0.5) is 0 Å². The summed E-state index contributed by atoms with van der Waals surface area (Å²) in [5.41, 5.74) is 8.99. The molecule has 1 atom stereocenters. The summed E-state index contributed by atoms with van der Waals surface area (Å²) in [6.07, 6.45) is 3.44. The Labute approximate surface area is 103 Å². The van der Waals surface area contributed by atoms with Gasteiger partial charge < -0.3 is 5.73 Å². The van der Waals surface area contributed by atoms with Crippen LogP contribution in [0.3, 0.4) is 0 Å². The Balaban J connectivity index is 2.39. The monoisotopic (exact) mass is 237 g/mol. The van der Waals surface area contributed by atoms with Gasteiger partial charge in [-0.25, -0.2) is 0 Å². The van der Waals surface area contributed by atoms with E-state index in [1.807, 2.05) is 6.07 Å². The topological polar surface area (TPSA) is 26.0 Å². The van der Waals surface area contributed by atoms with E-state index in [1.165, 1.54) is 17.5 Å². The summed E-state index contributed by atoms with van der Waals surface area (Å²) in [6, 6.07) is 6.32. The quantitative estimate of drug-likeness (QED) is 0.833. The minimum absolute atomic E-state index is 0.390. The first-order valence-electron chi connectivity index (χ1n) is 6.00. The van der Waals surface area contributed by atoms with Crippen molar-refractivity contribution < 1.29 is 0 Å². The average molecular weight is 238 g/mol. The van der Waals surface area contributed by atoms with Gasteiger partial charge in [0.15, 0.2) is 0 Å². The number of fused-ring (bicyclic) bond motifs is 1. The Morgan fingerprint density at radius 2 is 2.19 bits per heavy atom. The highest BCUT2D eigenvalue weighted by Gasteiger charge is 2.31. The maximum absolute atomic E-state index is 6.08. The standard InChI is InChI=1S/C14H20ClN/c1-14(2)8-10-3-4-12(15)7-13(10)11(9-14)5-6-16/h3-4,7,11H,5-6,8-9,16H2,1-2H3. The summed E-state index contributed by atoms with van der Waals surface area (Å²) < 4.78 is 0. The van der Waals surface area contributed by atoms with Crippen molar-refractivity contribution in [2.75, 3.05) is 6.54 Å². The van der Waals surface area contributed by atoms with Crippen molar-refractivity contribution in [3.05, 3.63) is 34.3 Å². The Morgan fingerprint density at radius 3 is 2.88 bits per heavy atom. The molecular formula is C14H20ClN. The first-order chi connectivity index (χ1) is 7.52. The van der Waals surface area contributed by atoms with Crippen molar-refractivity contribution in [1.29, 1.82) is 0 Å².